The molecule has 1 saturated heterocycles. The van der Waals surface area contributed by atoms with Crippen LogP contribution in [0, 0.1) is 6.92 Å². The first kappa shape index (κ1) is 19.4. The maximum absolute atomic E-state index is 12.5. The Morgan fingerprint density at radius 3 is 2.79 bits per heavy atom. The Balaban J connectivity index is 1.49. The highest BCUT2D eigenvalue weighted by molar-refractivity contribution is 7.22. The van der Waals surface area contributed by atoms with Crippen LogP contribution in [-0.4, -0.2) is 42.2 Å². The lowest BCUT2D eigenvalue weighted by atomic mass is 10.2. The maximum atomic E-state index is 12.5. The van der Waals surface area contributed by atoms with Crippen molar-refractivity contribution in [3.63, 3.8) is 0 Å². The van der Waals surface area contributed by atoms with E-state index in [-0.39, 0.29) is 17.5 Å². The Labute approximate surface area is 176 Å². The van der Waals surface area contributed by atoms with Gasteiger partial charge in [-0.15, -0.1) is 0 Å². The molecule has 0 saturated carbocycles. The molecule has 3 heterocycles. The van der Waals surface area contributed by atoms with Gasteiger partial charge in [0.05, 0.1) is 29.9 Å². The summed E-state index contributed by atoms with van der Waals surface area (Å²) in [5.74, 6) is -0.202. The second-order valence-corrected chi connectivity index (χ2v) is 8.29. The van der Waals surface area contributed by atoms with E-state index in [1.54, 1.807) is 24.3 Å². The highest BCUT2D eigenvalue weighted by atomic mass is 35.5. The van der Waals surface area contributed by atoms with Crippen LogP contribution in [0.4, 0.5) is 10.8 Å². The molecule has 6 nitrogen and oxygen atoms in total. The number of thiazole rings is 1. The van der Waals surface area contributed by atoms with E-state index in [0.29, 0.717) is 22.0 Å². The number of nitrogens with one attached hydrogen (secondary N) is 1. The van der Waals surface area contributed by atoms with Gasteiger partial charge >= 0.3 is 0 Å². The van der Waals surface area contributed by atoms with Crippen molar-refractivity contribution in [3.05, 3.63) is 45.7 Å². The van der Waals surface area contributed by atoms with E-state index in [4.69, 9.17) is 27.9 Å². The topological polar surface area (TPSA) is 67.4 Å². The summed E-state index contributed by atoms with van der Waals surface area (Å²) in [6.45, 7) is 4.93. The molecule has 9 heteroatoms. The molecule has 3 aromatic rings. The molecule has 1 aromatic carbocycles. The Morgan fingerprint density at radius 1 is 1.25 bits per heavy atom. The molecule has 0 atom stereocenters. The SMILES string of the molecule is Cc1cc(Cl)c(CC(=O)Nc2ccc3nc(N4CCOCC4)sc3c2)c(Cl)n1. The number of fused-ring (bicyclic) bond motifs is 1. The number of anilines is 2. The van der Waals surface area contributed by atoms with Crippen LogP contribution in [0.3, 0.4) is 0 Å². The summed E-state index contributed by atoms with van der Waals surface area (Å²) in [6, 6.07) is 7.40. The molecule has 1 amide bonds. The quantitative estimate of drug-likeness (QED) is 0.616. The molecule has 1 fully saturated rings. The highest BCUT2D eigenvalue weighted by Crippen LogP contribution is 2.31. The first-order valence-electron chi connectivity index (χ1n) is 8.84. The number of aromatic nitrogens is 2. The van der Waals surface area contributed by atoms with Gasteiger partial charge in [-0.3, -0.25) is 4.79 Å². The minimum atomic E-state index is -0.202. The van der Waals surface area contributed by atoms with Crippen molar-refractivity contribution in [2.45, 2.75) is 13.3 Å². The molecule has 0 radical (unpaired) electrons. The zero-order valence-corrected chi connectivity index (χ0v) is 17.5. The largest absolute Gasteiger partial charge is 0.378 e. The van der Waals surface area contributed by atoms with E-state index in [2.05, 4.69) is 20.2 Å². The van der Waals surface area contributed by atoms with E-state index < -0.39 is 0 Å². The van der Waals surface area contributed by atoms with Gasteiger partial charge in [0.25, 0.3) is 0 Å². The van der Waals surface area contributed by atoms with Crippen LogP contribution in [0.1, 0.15) is 11.3 Å². The fourth-order valence-corrected chi connectivity index (χ4v) is 4.75. The fraction of sp³-hybridized carbons (Fsp3) is 0.316. The molecule has 146 valence electrons. The van der Waals surface area contributed by atoms with E-state index in [1.807, 2.05) is 18.2 Å². The molecule has 0 unspecified atom stereocenters. The minimum Gasteiger partial charge on any atom is -0.378 e. The predicted molar refractivity (Wildman–Crippen MR) is 114 cm³/mol. The number of nitrogens with zero attached hydrogens (tertiary/aromatic N) is 3. The van der Waals surface area contributed by atoms with E-state index in [9.17, 15) is 4.79 Å². The van der Waals surface area contributed by atoms with Crippen molar-refractivity contribution < 1.29 is 9.53 Å². The Kier molecular flexibility index (Phi) is 5.68. The van der Waals surface area contributed by atoms with Gasteiger partial charge in [-0.1, -0.05) is 34.5 Å². The molecule has 2 aromatic heterocycles. The normalized spacial score (nSPS) is 14.5. The predicted octanol–water partition coefficient (Wildman–Crippen LogP) is 4.32. The van der Waals surface area contributed by atoms with Crippen LogP contribution >= 0.6 is 34.5 Å². The number of rotatable bonds is 4. The Hall–Kier alpha value is -1.93. The smallest absolute Gasteiger partial charge is 0.228 e. The van der Waals surface area contributed by atoms with Gasteiger partial charge in [0, 0.05) is 35.1 Å². The minimum absolute atomic E-state index is 0.0602. The van der Waals surface area contributed by atoms with Crippen molar-refractivity contribution in [3.8, 4) is 0 Å². The van der Waals surface area contributed by atoms with Crippen LogP contribution in [0.15, 0.2) is 24.3 Å². The zero-order chi connectivity index (χ0) is 19.7. The van der Waals surface area contributed by atoms with Crippen LogP contribution in [0.25, 0.3) is 10.2 Å². The zero-order valence-electron chi connectivity index (χ0n) is 15.2. The number of benzene rings is 1. The number of ether oxygens (including phenoxy) is 1. The van der Waals surface area contributed by atoms with E-state index >= 15 is 0 Å². The van der Waals surface area contributed by atoms with Gasteiger partial charge in [0.1, 0.15) is 5.15 Å². The first-order valence-corrected chi connectivity index (χ1v) is 10.4. The second-order valence-electron chi connectivity index (χ2n) is 6.52. The second kappa shape index (κ2) is 8.21. The number of hydrogen-bond donors (Lipinski definition) is 1. The average molecular weight is 437 g/mol. The standard InChI is InChI=1S/C19H18Cl2N4O2S/c1-11-8-14(20)13(18(21)22-11)10-17(26)23-12-2-3-15-16(9-12)28-19(24-15)25-4-6-27-7-5-25/h2-3,8-9H,4-7,10H2,1H3,(H,23,26). The third-order valence-corrected chi connectivity index (χ3v) is 6.16. The molecule has 0 bridgehead atoms. The number of pyridine rings is 1. The molecule has 4 rings (SSSR count). The van der Waals surface area contributed by atoms with Gasteiger partial charge in [0.15, 0.2) is 5.13 Å². The van der Waals surface area contributed by atoms with Crippen LogP contribution in [0.2, 0.25) is 10.2 Å². The summed E-state index contributed by atoms with van der Waals surface area (Å²) in [6.07, 6.45) is 0.0602. The third kappa shape index (κ3) is 4.22. The molecular weight excluding hydrogens is 419 g/mol. The van der Waals surface area contributed by atoms with Gasteiger partial charge in [-0.05, 0) is 31.2 Å². The lowest BCUT2D eigenvalue weighted by Gasteiger charge is -2.25. The number of aryl methyl sites for hydroxylation is 1. The number of carbonyl (C=O) groups is 1. The molecule has 0 aliphatic carbocycles. The van der Waals surface area contributed by atoms with Crippen molar-refractivity contribution in [2.75, 3.05) is 36.5 Å². The Morgan fingerprint density at radius 2 is 2.04 bits per heavy atom. The van der Waals surface area contributed by atoms with E-state index in [1.165, 1.54) is 0 Å². The Bertz CT molecular complexity index is 1010. The summed E-state index contributed by atoms with van der Waals surface area (Å²) in [4.78, 5) is 23.5. The third-order valence-electron chi connectivity index (χ3n) is 4.43. The number of amides is 1. The van der Waals surface area contributed by atoms with Crippen molar-refractivity contribution in [1.82, 2.24) is 9.97 Å². The summed E-state index contributed by atoms with van der Waals surface area (Å²) in [7, 11) is 0. The first-order chi connectivity index (χ1) is 13.5. The van der Waals surface area contributed by atoms with Gasteiger partial charge in [-0.25, -0.2) is 9.97 Å². The van der Waals surface area contributed by atoms with Crippen LogP contribution in [-0.2, 0) is 16.0 Å². The molecule has 28 heavy (non-hydrogen) atoms. The molecule has 1 aliphatic heterocycles. The number of hydrogen-bond acceptors (Lipinski definition) is 6. The summed E-state index contributed by atoms with van der Waals surface area (Å²) >= 11 is 14.0. The van der Waals surface area contributed by atoms with Gasteiger partial charge in [-0.2, -0.15) is 0 Å². The number of carbonyl (C=O) groups excluding carboxylic acids is 1. The fourth-order valence-electron chi connectivity index (χ4n) is 3.03. The lowest BCUT2D eigenvalue weighted by molar-refractivity contribution is -0.115. The lowest BCUT2D eigenvalue weighted by Crippen LogP contribution is -2.36. The van der Waals surface area contributed by atoms with E-state index in [0.717, 1.165) is 41.7 Å². The van der Waals surface area contributed by atoms with Gasteiger partial charge in [0.2, 0.25) is 5.91 Å². The maximum Gasteiger partial charge on any atom is 0.228 e. The summed E-state index contributed by atoms with van der Waals surface area (Å²) in [5, 5.41) is 4.58. The van der Waals surface area contributed by atoms with Crippen LogP contribution < -0.4 is 10.2 Å². The molecule has 0 spiro atoms. The van der Waals surface area contributed by atoms with Crippen molar-refractivity contribution in [1.29, 1.82) is 0 Å². The van der Waals surface area contributed by atoms with Crippen molar-refractivity contribution >= 4 is 61.5 Å². The monoisotopic (exact) mass is 436 g/mol. The van der Waals surface area contributed by atoms with Gasteiger partial charge < -0.3 is 15.0 Å². The summed E-state index contributed by atoms with van der Waals surface area (Å²) < 4.78 is 6.42. The number of morpholine rings is 1. The highest BCUT2D eigenvalue weighted by Gasteiger charge is 2.17. The van der Waals surface area contributed by atoms with Crippen molar-refractivity contribution in [2.24, 2.45) is 0 Å². The molecular formula is C19H18Cl2N4O2S. The number of halogens is 2. The van der Waals surface area contributed by atoms with Crippen LogP contribution in [0.5, 0.6) is 0 Å². The molecule has 1 N–H and O–H groups in total. The average Bonchev–Trinajstić information content (AvgIpc) is 3.09. The molecule has 1 aliphatic rings. The summed E-state index contributed by atoms with van der Waals surface area (Å²) in [5.41, 5.74) is 2.87.